The van der Waals surface area contributed by atoms with E-state index in [1.807, 2.05) is 24.3 Å². The predicted octanol–water partition coefficient (Wildman–Crippen LogP) is 4.56. The van der Waals surface area contributed by atoms with Crippen molar-refractivity contribution in [3.8, 4) is 17.6 Å². The minimum absolute atomic E-state index is 0.363. The van der Waals surface area contributed by atoms with E-state index in [1.165, 1.54) is 7.11 Å². The first-order chi connectivity index (χ1) is 9.63. The van der Waals surface area contributed by atoms with Crippen LogP contribution in [0.15, 0.2) is 40.9 Å². The molecule has 0 saturated heterocycles. The first-order valence-corrected chi connectivity index (χ1v) is 6.96. The first-order valence-electron chi connectivity index (χ1n) is 5.79. The summed E-state index contributed by atoms with van der Waals surface area (Å²) in [5.74, 6) is 1.07. The van der Waals surface area contributed by atoms with Gasteiger partial charge in [-0.1, -0.05) is 23.7 Å². The Bertz CT molecular complexity index is 667. The van der Waals surface area contributed by atoms with Gasteiger partial charge in [-0.15, -0.1) is 0 Å². The molecule has 5 heteroatoms. The minimum atomic E-state index is 0.363. The number of hydrogen-bond acceptors (Lipinski definition) is 3. The lowest BCUT2D eigenvalue weighted by Gasteiger charge is -2.13. The molecule has 0 bridgehead atoms. The van der Waals surface area contributed by atoms with Crippen molar-refractivity contribution in [1.82, 2.24) is 0 Å². The molecule has 0 saturated carbocycles. The normalized spacial score (nSPS) is 9.90. The Morgan fingerprint density at radius 1 is 1.30 bits per heavy atom. The second-order valence-electron chi connectivity index (χ2n) is 4.02. The lowest BCUT2D eigenvalue weighted by Crippen LogP contribution is -1.99. The Morgan fingerprint density at radius 3 is 2.75 bits per heavy atom. The third kappa shape index (κ3) is 3.44. The molecular weight excluding hydrogens is 342 g/mol. The maximum absolute atomic E-state index is 8.93. The van der Waals surface area contributed by atoms with Crippen molar-refractivity contribution < 1.29 is 9.47 Å². The summed E-state index contributed by atoms with van der Waals surface area (Å²) in [4.78, 5) is 0. The van der Waals surface area contributed by atoms with Gasteiger partial charge in [0.15, 0.2) is 11.5 Å². The number of ether oxygens (including phenoxy) is 2. The van der Waals surface area contributed by atoms with E-state index in [2.05, 4.69) is 22.0 Å². The van der Waals surface area contributed by atoms with Crippen LogP contribution in [0.2, 0.25) is 5.02 Å². The van der Waals surface area contributed by atoms with Gasteiger partial charge in [0.2, 0.25) is 0 Å². The van der Waals surface area contributed by atoms with Gasteiger partial charge >= 0.3 is 0 Å². The second kappa shape index (κ2) is 6.65. The van der Waals surface area contributed by atoms with Crippen molar-refractivity contribution in [2.24, 2.45) is 0 Å². The molecule has 2 aromatic carbocycles. The number of nitrogens with zero attached hydrogens (tertiary/aromatic N) is 1. The third-order valence-corrected chi connectivity index (χ3v) is 3.45. The molecule has 3 nitrogen and oxygen atoms in total. The molecule has 0 spiro atoms. The average molecular weight is 353 g/mol. The summed E-state index contributed by atoms with van der Waals surface area (Å²) >= 11 is 9.32. The van der Waals surface area contributed by atoms with Gasteiger partial charge in [0, 0.05) is 11.1 Å². The van der Waals surface area contributed by atoms with Crippen molar-refractivity contribution in [3.05, 3.63) is 57.0 Å². The van der Waals surface area contributed by atoms with E-state index in [0.717, 1.165) is 5.56 Å². The van der Waals surface area contributed by atoms with E-state index < -0.39 is 0 Å². The van der Waals surface area contributed by atoms with Crippen LogP contribution in [-0.4, -0.2) is 7.11 Å². The highest BCUT2D eigenvalue weighted by Gasteiger charge is 2.12. The van der Waals surface area contributed by atoms with Crippen LogP contribution in [0.5, 0.6) is 11.5 Å². The molecular formula is C15H11BrClNO2. The Balaban J connectivity index is 2.23. The topological polar surface area (TPSA) is 42.2 Å². The summed E-state index contributed by atoms with van der Waals surface area (Å²) in [5.41, 5.74) is 1.46. The Hall–Kier alpha value is -1.70. The molecule has 0 fully saturated rings. The molecule has 20 heavy (non-hydrogen) atoms. The van der Waals surface area contributed by atoms with Crippen molar-refractivity contribution >= 4 is 27.5 Å². The summed E-state index contributed by atoms with van der Waals surface area (Å²) in [6.45, 7) is 0.363. The largest absolute Gasteiger partial charge is 0.493 e. The highest BCUT2D eigenvalue weighted by Crippen LogP contribution is 2.37. The summed E-state index contributed by atoms with van der Waals surface area (Å²) in [5, 5.41) is 9.59. The molecule has 0 aliphatic heterocycles. The van der Waals surface area contributed by atoms with Crippen molar-refractivity contribution in [1.29, 1.82) is 5.26 Å². The Kier molecular flexibility index (Phi) is 4.89. The van der Waals surface area contributed by atoms with E-state index >= 15 is 0 Å². The van der Waals surface area contributed by atoms with Crippen molar-refractivity contribution in [3.63, 3.8) is 0 Å². The molecule has 0 heterocycles. The molecule has 0 unspecified atom stereocenters. The fourth-order valence-corrected chi connectivity index (χ4v) is 2.48. The van der Waals surface area contributed by atoms with Crippen LogP contribution in [0, 0.1) is 11.3 Å². The number of halogens is 2. The van der Waals surface area contributed by atoms with E-state index in [4.69, 9.17) is 26.3 Å². The van der Waals surface area contributed by atoms with Crippen LogP contribution in [0.3, 0.4) is 0 Å². The minimum Gasteiger partial charge on any atom is -0.493 e. The average Bonchev–Trinajstić information content (AvgIpc) is 2.45. The van der Waals surface area contributed by atoms with Gasteiger partial charge in [-0.3, -0.25) is 0 Å². The van der Waals surface area contributed by atoms with Crippen molar-refractivity contribution in [2.75, 3.05) is 7.11 Å². The number of benzene rings is 2. The predicted molar refractivity (Wildman–Crippen MR) is 81.2 cm³/mol. The number of rotatable bonds is 4. The molecule has 0 atom stereocenters. The van der Waals surface area contributed by atoms with Gasteiger partial charge in [0.05, 0.1) is 23.2 Å². The maximum Gasteiger partial charge on any atom is 0.175 e. The maximum atomic E-state index is 8.93. The third-order valence-electron chi connectivity index (χ3n) is 2.63. The summed E-state index contributed by atoms with van der Waals surface area (Å²) in [7, 11) is 1.54. The van der Waals surface area contributed by atoms with Crippen LogP contribution >= 0.6 is 27.5 Å². The first kappa shape index (κ1) is 14.7. The summed E-state index contributed by atoms with van der Waals surface area (Å²) in [6, 6.07) is 12.8. The zero-order valence-electron chi connectivity index (χ0n) is 10.7. The van der Waals surface area contributed by atoms with E-state index in [1.54, 1.807) is 12.1 Å². The van der Waals surface area contributed by atoms with E-state index in [0.29, 0.717) is 33.2 Å². The standard InChI is InChI=1S/C15H11BrClNO2/c1-19-14-7-11(8-18)6-13(16)15(14)20-9-10-3-2-4-12(17)5-10/h2-7H,9H2,1H3. The fourth-order valence-electron chi connectivity index (χ4n) is 1.71. The SMILES string of the molecule is COc1cc(C#N)cc(Br)c1OCc1cccc(Cl)c1. The van der Waals surface area contributed by atoms with Crippen molar-refractivity contribution in [2.45, 2.75) is 6.61 Å². The lowest BCUT2D eigenvalue weighted by molar-refractivity contribution is 0.282. The second-order valence-corrected chi connectivity index (χ2v) is 5.31. The monoisotopic (exact) mass is 351 g/mol. The van der Waals surface area contributed by atoms with Crippen LogP contribution in [0.1, 0.15) is 11.1 Å². The van der Waals surface area contributed by atoms with Gasteiger partial charge in [-0.05, 0) is 39.7 Å². The molecule has 0 N–H and O–H groups in total. The van der Waals surface area contributed by atoms with Crippen LogP contribution in [0.4, 0.5) is 0 Å². The summed E-state index contributed by atoms with van der Waals surface area (Å²) < 4.78 is 11.7. The number of hydrogen-bond donors (Lipinski definition) is 0. The zero-order valence-corrected chi connectivity index (χ0v) is 13.0. The van der Waals surface area contributed by atoms with E-state index in [9.17, 15) is 0 Å². The molecule has 0 aromatic heterocycles. The molecule has 0 amide bonds. The highest BCUT2D eigenvalue weighted by molar-refractivity contribution is 9.10. The van der Waals surface area contributed by atoms with Gasteiger partial charge < -0.3 is 9.47 Å². The van der Waals surface area contributed by atoms with Crippen LogP contribution in [0.25, 0.3) is 0 Å². The molecule has 2 rings (SSSR count). The van der Waals surface area contributed by atoms with Gasteiger partial charge in [0.25, 0.3) is 0 Å². The molecule has 0 radical (unpaired) electrons. The zero-order chi connectivity index (χ0) is 14.5. The van der Waals surface area contributed by atoms with Gasteiger partial charge in [-0.2, -0.15) is 5.26 Å². The van der Waals surface area contributed by atoms with Gasteiger partial charge in [-0.25, -0.2) is 0 Å². The van der Waals surface area contributed by atoms with E-state index in [-0.39, 0.29) is 0 Å². The summed E-state index contributed by atoms with van der Waals surface area (Å²) in [6.07, 6.45) is 0. The fraction of sp³-hybridized carbons (Fsp3) is 0.133. The van der Waals surface area contributed by atoms with Crippen LogP contribution in [-0.2, 0) is 6.61 Å². The molecule has 0 aliphatic carbocycles. The quantitative estimate of drug-likeness (QED) is 0.810. The highest BCUT2D eigenvalue weighted by atomic mass is 79.9. The smallest absolute Gasteiger partial charge is 0.175 e. The Labute approximate surface area is 130 Å². The number of nitriles is 1. The molecule has 0 aliphatic rings. The Morgan fingerprint density at radius 2 is 2.10 bits per heavy atom. The molecule has 102 valence electrons. The lowest BCUT2D eigenvalue weighted by atomic mass is 10.2. The van der Waals surface area contributed by atoms with Gasteiger partial charge in [0.1, 0.15) is 6.61 Å². The molecule has 2 aromatic rings. The van der Waals surface area contributed by atoms with Crippen LogP contribution < -0.4 is 9.47 Å². The number of methoxy groups -OCH3 is 1.